The van der Waals surface area contributed by atoms with E-state index >= 15 is 0 Å². The van der Waals surface area contributed by atoms with E-state index in [0.29, 0.717) is 23.7 Å². The smallest absolute Gasteiger partial charge is 0.264 e. The number of nitrogens with zero attached hydrogens (tertiary/aromatic N) is 2. The van der Waals surface area contributed by atoms with E-state index in [4.69, 9.17) is 14.2 Å². The first kappa shape index (κ1) is 31.3. The average molecular weight is 584 g/mol. The molecule has 41 heavy (non-hydrogen) atoms. The molecule has 0 aromatic heterocycles. The minimum atomic E-state index is -4.26. The Hall–Kier alpha value is -4.25. The molecule has 0 heterocycles. The standard InChI is InChI=1S/C30H37N3O7S/c1-7-31-30(35)22(3)32(19-23-9-8-10-25(17-23)38-4)29(34)20-33(24-13-11-21(2)12-14-24)41(36,37)26-15-16-27(39-5)28(18-26)40-6/h8-18,22H,7,19-20H2,1-6H3,(H,31,35). The molecule has 10 nitrogen and oxygen atoms in total. The van der Waals surface area contributed by atoms with Crippen LogP contribution in [0.2, 0.25) is 0 Å². The summed E-state index contributed by atoms with van der Waals surface area (Å²) in [6.45, 7) is 5.18. The van der Waals surface area contributed by atoms with Gasteiger partial charge in [0.05, 0.1) is 31.9 Å². The largest absolute Gasteiger partial charge is 0.497 e. The highest BCUT2D eigenvalue weighted by Gasteiger charge is 2.33. The Morgan fingerprint density at radius 3 is 2.20 bits per heavy atom. The zero-order chi connectivity index (χ0) is 30.2. The van der Waals surface area contributed by atoms with Crippen molar-refractivity contribution in [3.63, 3.8) is 0 Å². The van der Waals surface area contributed by atoms with Gasteiger partial charge in [0.25, 0.3) is 10.0 Å². The molecule has 1 N–H and O–H groups in total. The molecule has 0 saturated heterocycles. The van der Waals surface area contributed by atoms with Crippen LogP contribution in [0.1, 0.15) is 25.0 Å². The number of aryl methyl sites for hydroxylation is 1. The molecular formula is C30H37N3O7S. The van der Waals surface area contributed by atoms with Gasteiger partial charge in [0, 0.05) is 19.2 Å². The van der Waals surface area contributed by atoms with Crippen molar-refractivity contribution < 1.29 is 32.2 Å². The molecule has 11 heteroatoms. The van der Waals surface area contributed by atoms with Crippen molar-refractivity contribution in [2.75, 3.05) is 38.7 Å². The van der Waals surface area contributed by atoms with Gasteiger partial charge >= 0.3 is 0 Å². The molecule has 2 amide bonds. The molecule has 3 aromatic rings. The normalized spacial score (nSPS) is 11.8. The Kier molecular flexibility index (Phi) is 10.6. The number of amides is 2. The van der Waals surface area contributed by atoms with Gasteiger partial charge in [-0.05, 0) is 62.7 Å². The quantitative estimate of drug-likeness (QED) is 0.326. The monoisotopic (exact) mass is 583 g/mol. The molecule has 220 valence electrons. The van der Waals surface area contributed by atoms with E-state index in [9.17, 15) is 18.0 Å². The zero-order valence-corrected chi connectivity index (χ0v) is 25.0. The lowest BCUT2D eigenvalue weighted by atomic mass is 10.1. The second-order valence-corrected chi connectivity index (χ2v) is 11.2. The van der Waals surface area contributed by atoms with Gasteiger partial charge in [-0.2, -0.15) is 0 Å². The average Bonchev–Trinajstić information content (AvgIpc) is 2.98. The molecule has 1 atom stereocenters. The Labute approximate surface area is 241 Å². The fourth-order valence-corrected chi connectivity index (χ4v) is 5.65. The van der Waals surface area contributed by atoms with Gasteiger partial charge in [0.1, 0.15) is 18.3 Å². The number of hydrogen-bond acceptors (Lipinski definition) is 7. The summed E-state index contributed by atoms with van der Waals surface area (Å²) in [6.07, 6.45) is 0. The SMILES string of the molecule is CCNC(=O)C(C)N(Cc1cccc(OC)c1)C(=O)CN(c1ccc(C)cc1)S(=O)(=O)c1ccc(OC)c(OC)c1. The Morgan fingerprint density at radius 1 is 0.902 bits per heavy atom. The lowest BCUT2D eigenvalue weighted by molar-refractivity contribution is -0.139. The molecule has 0 aliphatic heterocycles. The van der Waals surface area contributed by atoms with E-state index in [2.05, 4.69) is 5.32 Å². The summed E-state index contributed by atoms with van der Waals surface area (Å²) in [6, 6.07) is 17.3. The van der Waals surface area contributed by atoms with Gasteiger partial charge in [-0.25, -0.2) is 8.42 Å². The highest BCUT2D eigenvalue weighted by Crippen LogP contribution is 2.32. The van der Waals surface area contributed by atoms with Crippen LogP contribution >= 0.6 is 0 Å². The molecule has 0 bridgehead atoms. The molecule has 0 fully saturated rings. The lowest BCUT2D eigenvalue weighted by Gasteiger charge is -2.32. The van der Waals surface area contributed by atoms with Gasteiger partial charge in [0.15, 0.2) is 11.5 Å². The highest BCUT2D eigenvalue weighted by atomic mass is 32.2. The maximum atomic E-state index is 14.1. The van der Waals surface area contributed by atoms with Crippen molar-refractivity contribution in [2.45, 2.75) is 38.3 Å². The molecule has 0 radical (unpaired) electrons. The van der Waals surface area contributed by atoms with Crippen molar-refractivity contribution in [3.8, 4) is 17.2 Å². The summed E-state index contributed by atoms with van der Waals surface area (Å²) in [5.41, 5.74) is 1.94. The van der Waals surface area contributed by atoms with E-state index in [1.165, 1.54) is 44.4 Å². The fourth-order valence-electron chi connectivity index (χ4n) is 4.22. The molecule has 1 unspecified atom stereocenters. The lowest BCUT2D eigenvalue weighted by Crippen LogP contribution is -2.51. The minimum absolute atomic E-state index is 0.0620. The van der Waals surface area contributed by atoms with Crippen LogP contribution < -0.4 is 23.8 Å². The van der Waals surface area contributed by atoms with Crippen molar-refractivity contribution in [1.29, 1.82) is 0 Å². The van der Waals surface area contributed by atoms with E-state index < -0.39 is 28.5 Å². The third kappa shape index (κ3) is 7.49. The highest BCUT2D eigenvalue weighted by molar-refractivity contribution is 7.92. The van der Waals surface area contributed by atoms with Crippen LogP contribution in [-0.2, 0) is 26.2 Å². The van der Waals surface area contributed by atoms with Gasteiger partial charge in [-0.15, -0.1) is 0 Å². The number of hydrogen-bond donors (Lipinski definition) is 1. The zero-order valence-electron chi connectivity index (χ0n) is 24.2. The summed E-state index contributed by atoms with van der Waals surface area (Å²) in [7, 11) is 0.142. The molecule has 3 rings (SSSR count). The summed E-state index contributed by atoms with van der Waals surface area (Å²) < 4.78 is 45.0. The van der Waals surface area contributed by atoms with Crippen LogP contribution in [0.5, 0.6) is 17.2 Å². The van der Waals surface area contributed by atoms with Crippen molar-refractivity contribution in [1.82, 2.24) is 10.2 Å². The topological polar surface area (TPSA) is 114 Å². The van der Waals surface area contributed by atoms with Crippen LogP contribution in [-0.4, -0.2) is 65.6 Å². The van der Waals surface area contributed by atoms with Gasteiger partial charge in [-0.3, -0.25) is 13.9 Å². The van der Waals surface area contributed by atoms with Gasteiger partial charge in [-0.1, -0.05) is 29.8 Å². The van der Waals surface area contributed by atoms with Crippen LogP contribution in [0.15, 0.2) is 71.6 Å². The number of benzene rings is 3. The number of carbonyl (C=O) groups excluding carboxylic acids is 2. The van der Waals surface area contributed by atoms with Crippen LogP contribution in [0, 0.1) is 6.92 Å². The summed E-state index contributed by atoms with van der Waals surface area (Å²) >= 11 is 0. The first-order valence-electron chi connectivity index (χ1n) is 13.1. The minimum Gasteiger partial charge on any atom is -0.497 e. The maximum Gasteiger partial charge on any atom is 0.264 e. The predicted molar refractivity (Wildman–Crippen MR) is 157 cm³/mol. The third-order valence-corrected chi connectivity index (χ3v) is 8.32. The number of likely N-dealkylation sites (N-methyl/N-ethyl adjacent to an activating group) is 1. The number of sulfonamides is 1. The Morgan fingerprint density at radius 2 is 1.59 bits per heavy atom. The first-order chi connectivity index (χ1) is 19.5. The first-order valence-corrected chi connectivity index (χ1v) is 14.5. The predicted octanol–water partition coefficient (Wildman–Crippen LogP) is 3.77. The van der Waals surface area contributed by atoms with E-state index in [1.807, 2.05) is 13.0 Å². The number of methoxy groups -OCH3 is 3. The number of nitrogens with one attached hydrogen (secondary N) is 1. The van der Waals surface area contributed by atoms with E-state index in [0.717, 1.165) is 15.4 Å². The number of carbonyl (C=O) groups is 2. The van der Waals surface area contributed by atoms with Crippen molar-refractivity contribution in [3.05, 3.63) is 77.9 Å². The van der Waals surface area contributed by atoms with Crippen LogP contribution in [0.4, 0.5) is 5.69 Å². The summed E-state index contributed by atoms with van der Waals surface area (Å²) in [4.78, 5) is 28.1. The van der Waals surface area contributed by atoms with Gasteiger partial charge in [0.2, 0.25) is 11.8 Å². The molecule has 3 aromatic carbocycles. The summed E-state index contributed by atoms with van der Waals surface area (Å²) in [5, 5.41) is 2.74. The van der Waals surface area contributed by atoms with E-state index in [-0.39, 0.29) is 23.1 Å². The fraction of sp³-hybridized carbons (Fsp3) is 0.333. The van der Waals surface area contributed by atoms with Gasteiger partial charge < -0.3 is 24.4 Å². The summed E-state index contributed by atoms with van der Waals surface area (Å²) in [5.74, 6) is 0.278. The Balaban J connectivity index is 2.07. The number of anilines is 1. The van der Waals surface area contributed by atoms with Crippen molar-refractivity contribution in [2.24, 2.45) is 0 Å². The third-order valence-electron chi connectivity index (χ3n) is 6.55. The van der Waals surface area contributed by atoms with Crippen LogP contribution in [0.25, 0.3) is 0 Å². The van der Waals surface area contributed by atoms with Crippen molar-refractivity contribution >= 4 is 27.5 Å². The molecule has 0 aliphatic rings. The maximum absolute atomic E-state index is 14.1. The number of ether oxygens (including phenoxy) is 3. The van der Waals surface area contributed by atoms with Crippen LogP contribution in [0.3, 0.4) is 0 Å². The Bertz CT molecular complexity index is 1460. The molecule has 0 spiro atoms. The molecule has 0 aliphatic carbocycles. The second-order valence-electron chi connectivity index (χ2n) is 9.31. The second kappa shape index (κ2) is 13.9. The molecule has 0 saturated carbocycles. The number of rotatable bonds is 13. The van der Waals surface area contributed by atoms with E-state index in [1.54, 1.807) is 56.3 Å². The molecular weight excluding hydrogens is 546 g/mol.